The van der Waals surface area contributed by atoms with Crippen molar-refractivity contribution in [3.8, 4) is 23.0 Å². The van der Waals surface area contributed by atoms with Crippen LogP contribution in [0.5, 0.6) is 23.0 Å². The summed E-state index contributed by atoms with van der Waals surface area (Å²) in [6, 6.07) is 23.7. The third-order valence-electron chi connectivity index (χ3n) is 3.95. The highest BCUT2D eigenvalue weighted by Gasteiger charge is 2.16. The number of methoxy groups -OCH3 is 1. The smallest absolute Gasteiger partial charge is 0.307 e. The molecule has 0 saturated heterocycles. The maximum absolute atomic E-state index is 11.5. The van der Waals surface area contributed by atoms with E-state index >= 15 is 0 Å². The van der Waals surface area contributed by atoms with Crippen molar-refractivity contribution in [3.05, 3.63) is 84.4 Å². The summed E-state index contributed by atoms with van der Waals surface area (Å²) in [4.78, 5) is 11.5. The highest BCUT2D eigenvalue weighted by Crippen LogP contribution is 2.37. The van der Waals surface area contributed by atoms with Gasteiger partial charge in [-0.1, -0.05) is 42.5 Å². The van der Waals surface area contributed by atoms with E-state index in [1.54, 1.807) is 12.1 Å². The number of halogens is 1. The number of hydrogen-bond donors (Lipinski definition) is 1. The molecule has 6 heteroatoms. The van der Waals surface area contributed by atoms with Gasteiger partial charge in [0, 0.05) is 6.04 Å². The van der Waals surface area contributed by atoms with Crippen LogP contribution in [0, 0.1) is 0 Å². The standard InChI is InChI=1S/C22H21NO4.ClH/c1-25-22(24)15-19(23)16-12-13-20(26-17-8-4-2-5-9-17)21(14-16)27-18-10-6-3-7-11-18;/h2-14,19H,15,23H2,1H3;1H/t19-;/m0./s1. The summed E-state index contributed by atoms with van der Waals surface area (Å²) in [6.45, 7) is 0. The second-order valence-electron chi connectivity index (χ2n) is 5.92. The van der Waals surface area contributed by atoms with Crippen molar-refractivity contribution in [2.75, 3.05) is 7.11 Å². The fourth-order valence-electron chi connectivity index (χ4n) is 2.53. The summed E-state index contributed by atoms with van der Waals surface area (Å²) in [5.74, 6) is 2.08. The van der Waals surface area contributed by atoms with Crippen molar-refractivity contribution >= 4 is 18.4 Å². The van der Waals surface area contributed by atoms with Gasteiger partial charge in [-0.2, -0.15) is 0 Å². The van der Waals surface area contributed by atoms with Crippen molar-refractivity contribution in [1.29, 1.82) is 0 Å². The number of ether oxygens (including phenoxy) is 3. The first-order chi connectivity index (χ1) is 13.2. The molecule has 0 aromatic heterocycles. The van der Waals surface area contributed by atoms with Gasteiger partial charge in [-0.25, -0.2) is 0 Å². The van der Waals surface area contributed by atoms with Gasteiger partial charge in [-0.15, -0.1) is 12.4 Å². The molecule has 0 amide bonds. The number of benzene rings is 3. The SMILES string of the molecule is COC(=O)C[C@H](N)c1ccc(Oc2ccccc2)c(Oc2ccccc2)c1.Cl. The lowest BCUT2D eigenvalue weighted by atomic mass is 10.0. The molecular formula is C22H22ClNO4. The van der Waals surface area contributed by atoms with E-state index in [0.29, 0.717) is 23.0 Å². The Morgan fingerprint density at radius 1 is 0.857 bits per heavy atom. The lowest BCUT2D eigenvalue weighted by molar-refractivity contribution is -0.141. The second-order valence-corrected chi connectivity index (χ2v) is 5.92. The summed E-state index contributed by atoms with van der Waals surface area (Å²) in [7, 11) is 1.34. The lowest BCUT2D eigenvalue weighted by Gasteiger charge is -2.16. The zero-order chi connectivity index (χ0) is 19.1. The molecule has 0 spiro atoms. The molecule has 0 bridgehead atoms. The van der Waals surface area contributed by atoms with Crippen molar-refractivity contribution in [3.63, 3.8) is 0 Å². The molecule has 2 N–H and O–H groups in total. The number of carbonyl (C=O) groups is 1. The van der Waals surface area contributed by atoms with Gasteiger partial charge in [-0.05, 0) is 42.0 Å². The third kappa shape index (κ3) is 5.74. The summed E-state index contributed by atoms with van der Waals surface area (Å²) in [5.41, 5.74) is 6.90. The Labute approximate surface area is 170 Å². The molecule has 0 fully saturated rings. The van der Waals surface area contributed by atoms with E-state index in [1.165, 1.54) is 7.11 Å². The van der Waals surface area contributed by atoms with Crippen LogP contribution in [-0.4, -0.2) is 13.1 Å². The number of hydrogen-bond acceptors (Lipinski definition) is 5. The quantitative estimate of drug-likeness (QED) is 0.549. The Kier molecular flexibility index (Phi) is 7.87. The molecule has 3 aromatic carbocycles. The molecule has 0 saturated carbocycles. The predicted molar refractivity (Wildman–Crippen MR) is 110 cm³/mol. The fraction of sp³-hybridized carbons (Fsp3) is 0.136. The average Bonchev–Trinajstić information content (AvgIpc) is 2.70. The van der Waals surface area contributed by atoms with Gasteiger partial charge < -0.3 is 19.9 Å². The van der Waals surface area contributed by atoms with Gasteiger partial charge in [0.05, 0.1) is 13.5 Å². The van der Waals surface area contributed by atoms with Gasteiger partial charge in [0.15, 0.2) is 11.5 Å². The van der Waals surface area contributed by atoms with E-state index < -0.39 is 6.04 Å². The number of para-hydroxylation sites is 2. The van der Waals surface area contributed by atoms with Gasteiger partial charge >= 0.3 is 5.97 Å². The molecule has 0 aliphatic rings. The minimum absolute atomic E-state index is 0. The van der Waals surface area contributed by atoms with Gasteiger partial charge in [-0.3, -0.25) is 4.79 Å². The Bertz CT molecular complexity index is 888. The van der Waals surface area contributed by atoms with Crippen LogP contribution < -0.4 is 15.2 Å². The largest absolute Gasteiger partial charge is 0.469 e. The van der Waals surface area contributed by atoms with Gasteiger partial charge in [0.1, 0.15) is 11.5 Å². The van der Waals surface area contributed by atoms with Crippen LogP contribution in [-0.2, 0) is 9.53 Å². The first-order valence-electron chi connectivity index (χ1n) is 8.58. The topological polar surface area (TPSA) is 70.8 Å². The Morgan fingerprint density at radius 2 is 1.39 bits per heavy atom. The summed E-state index contributed by atoms with van der Waals surface area (Å²) in [6.07, 6.45) is 0.0835. The second kappa shape index (κ2) is 10.3. The van der Waals surface area contributed by atoms with Crippen LogP contribution in [0.15, 0.2) is 78.9 Å². The minimum atomic E-state index is -0.499. The molecule has 3 rings (SSSR count). The number of esters is 1. The molecule has 146 valence electrons. The van der Waals surface area contributed by atoms with E-state index in [2.05, 4.69) is 0 Å². The summed E-state index contributed by atoms with van der Waals surface area (Å²) < 4.78 is 16.7. The van der Waals surface area contributed by atoms with Crippen LogP contribution in [0.25, 0.3) is 0 Å². The van der Waals surface area contributed by atoms with Gasteiger partial charge in [0.2, 0.25) is 0 Å². The van der Waals surface area contributed by atoms with Crippen molar-refractivity contribution < 1.29 is 19.0 Å². The predicted octanol–water partition coefficient (Wildman–Crippen LogP) is 5.26. The van der Waals surface area contributed by atoms with E-state index in [4.69, 9.17) is 19.9 Å². The molecule has 0 unspecified atom stereocenters. The van der Waals surface area contributed by atoms with Crippen molar-refractivity contribution in [1.82, 2.24) is 0 Å². The van der Waals surface area contributed by atoms with E-state index in [0.717, 1.165) is 5.56 Å². The fourth-order valence-corrected chi connectivity index (χ4v) is 2.53. The van der Waals surface area contributed by atoms with Crippen LogP contribution in [0.1, 0.15) is 18.0 Å². The molecular weight excluding hydrogens is 378 g/mol. The normalized spacial score (nSPS) is 11.1. The maximum atomic E-state index is 11.5. The molecule has 0 aliphatic carbocycles. The van der Waals surface area contributed by atoms with Crippen molar-refractivity contribution in [2.45, 2.75) is 12.5 Å². The van der Waals surface area contributed by atoms with Gasteiger partial charge in [0.25, 0.3) is 0 Å². The maximum Gasteiger partial charge on any atom is 0.307 e. The zero-order valence-electron chi connectivity index (χ0n) is 15.4. The van der Waals surface area contributed by atoms with E-state index in [9.17, 15) is 4.79 Å². The Balaban J connectivity index is 0.00000280. The number of nitrogens with two attached hydrogens (primary N) is 1. The van der Waals surface area contributed by atoms with E-state index in [1.807, 2.05) is 66.7 Å². The van der Waals surface area contributed by atoms with Crippen LogP contribution in [0.3, 0.4) is 0 Å². The van der Waals surface area contributed by atoms with Crippen LogP contribution in [0.2, 0.25) is 0 Å². The number of carbonyl (C=O) groups excluding carboxylic acids is 1. The highest BCUT2D eigenvalue weighted by atomic mass is 35.5. The van der Waals surface area contributed by atoms with E-state index in [-0.39, 0.29) is 24.8 Å². The van der Waals surface area contributed by atoms with Crippen molar-refractivity contribution in [2.24, 2.45) is 5.73 Å². The lowest BCUT2D eigenvalue weighted by Crippen LogP contribution is -2.16. The minimum Gasteiger partial charge on any atom is -0.469 e. The molecule has 0 radical (unpaired) electrons. The summed E-state index contributed by atoms with van der Waals surface area (Å²) >= 11 is 0. The first kappa shape index (κ1) is 21.3. The molecule has 0 aliphatic heterocycles. The molecule has 5 nitrogen and oxygen atoms in total. The van der Waals surface area contributed by atoms with Crippen LogP contribution in [0.4, 0.5) is 0 Å². The zero-order valence-corrected chi connectivity index (χ0v) is 16.2. The third-order valence-corrected chi connectivity index (χ3v) is 3.95. The monoisotopic (exact) mass is 399 g/mol. The molecule has 3 aromatic rings. The summed E-state index contributed by atoms with van der Waals surface area (Å²) in [5, 5.41) is 0. The average molecular weight is 400 g/mol. The Hall–Kier alpha value is -3.02. The molecule has 28 heavy (non-hydrogen) atoms. The van der Waals surface area contributed by atoms with Crippen LogP contribution >= 0.6 is 12.4 Å². The Morgan fingerprint density at radius 3 is 1.93 bits per heavy atom. The highest BCUT2D eigenvalue weighted by molar-refractivity contribution is 5.85. The molecule has 0 heterocycles. The number of rotatable bonds is 7. The first-order valence-corrected chi connectivity index (χ1v) is 8.58. The molecule has 1 atom stereocenters.